The Bertz CT molecular complexity index is 649. The predicted octanol–water partition coefficient (Wildman–Crippen LogP) is 3.81. The first-order valence-electron chi connectivity index (χ1n) is 6.21. The number of halogens is 2. The SMILES string of the molecule is COc1cccc(CNC(=O)Nc2ccc(F)c(Cl)c2)c1. The van der Waals surface area contributed by atoms with Crippen LogP contribution in [0.2, 0.25) is 5.02 Å². The van der Waals surface area contributed by atoms with Crippen molar-refractivity contribution < 1.29 is 13.9 Å². The lowest BCUT2D eigenvalue weighted by Crippen LogP contribution is -2.28. The molecule has 0 saturated carbocycles. The van der Waals surface area contributed by atoms with Crippen LogP contribution in [0, 0.1) is 5.82 Å². The average molecular weight is 309 g/mol. The molecular formula is C15H14ClFN2O2. The molecule has 0 aromatic heterocycles. The zero-order valence-corrected chi connectivity index (χ0v) is 12.1. The van der Waals surface area contributed by atoms with Gasteiger partial charge in [0.2, 0.25) is 0 Å². The topological polar surface area (TPSA) is 50.4 Å². The van der Waals surface area contributed by atoms with Gasteiger partial charge in [0.1, 0.15) is 11.6 Å². The summed E-state index contributed by atoms with van der Waals surface area (Å²) in [6.45, 7) is 0.345. The van der Waals surface area contributed by atoms with Gasteiger partial charge in [-0.05, 0) is 35.9 Å². The van der Waals surface area contributed by atoms with Crippen LogP contribution in [0.3, 0.4) is 0 Å². The van der Waals surface area contributed by atoms with Crippen LogP contribution in [-0.2, 0) is 6.54 Å². The molecule has 0 saturated heterocycles. The molecule has 0 unspecified atom stereocenters. The summed E-state index contributed by atoms with van der Waals surface area (Å²) in [7, 11) is 1.58. The summed E-state index contributed by atoms with van der Waals surface area (Å²) in [5.74, 6) is 0.194. The van der Waals surface area contributed by atoms with E-state index in [4.69, 9.17) is 16.3 Å². The van der Waals surface area contributed by atoms with E-state index in [1.165, 1.54) is 18.2 Å². The number of hydrogen-bond acceptors (Lipinski definition) is 2. The molecule has 2 rings (SSSR count). The van der Waals surface area contributed by atoms with E-state index in [0.717, 1.165) is 11.3 Å². The first-order valence-corrected chi connectivity index (χ1v) is 6.59. The molecule has 0 aliphatic rings. The second-order valence-electron chi connectivity index (χ2n) is 4.29. The van der Waals surface area contributed by atoms with Gasteiger partial charge >= 0.3 is 6.03 Å². The quantitative estimate of drug-likeness (QED) is 0.902. The zero-order valence-electron chi connectivity index (χ0n) is 11.3. The van der Waals surface area contributed by atoms with E-state index in [-0.39, 0.29) is 5.02 Å². The highest BCUT2D eigenvalue weighted by Gasteiger charge is 2.05. The number of rotatable bonds is 4. The zero-order chi connectivity index (χ0) is 15.2. The van der Waals surface area contributed by atoms with Gasteiger partial charge in [0, 0.05) is 12.2 Å². The van der Waals surface area contributed by atoms with Gasteiger partial charge < -0.3 is 15.4 Å². The van der Waals surface area contributed by atoms with Crippen LogP contribution in [0.4, 0.5) is 14.9 Å². The molecule has 6 heteroatoms. The van der Waals surface area contributed by atoms with Crippen molar-refractivity contribution in [1.82, 2.24) is 5.32 Å². The third-order valence-corrected chi connectivity index (χ3v) is 3.05. The lowest BCUT2D eigenvalue weighted by molar-refractivity contribution is 0.251. The van der Waals surface area contributed by atoms with Gasteiger partial charge in [0.05, 0.1) is 12.1 Å². The molecule has 0 aliphatic heterocycles. The minimum Gasteiger partial charge on any atom is -0.497 e. The summed E-state index contributed by atoms with van der Waals surface area (Å²) < 4.78 is 18.1. The lowest BCUT2D eigenvalue weighted by Gasteiger charge is -2.09. The number of urea groups is 1. The number of carbonyl (C=O) groups is 1. The lowest BCUT2D eigenvalue weighted by atomic mass is 10.2. The Morgan fingerprint density at radius 1 is 1.29 bits per heavy atom. The highest BCUT2D eigenvalue weighted by molar-refractivity contribution is 6.31. The largest absolute Gasteiger partial charge is 0.497 e. The van der Waals surface area contributed by atoms with Crippen LogP contribution in [0.15, 0.2) is 42.5 Å². The molecule has 2 aromatic carbocycles. The molecule has 110 valence electrons. The minimum atomic E-state index is -0.529. The van der Waals surface area contributed by atoms with Crippen molar-refractivity contribution in [2.75, 3.05) is 12.4 Å². The summed E-state index contributed by atoms with van der Waals surface area (Å²) in [6.07, 6.45) is 0. The minimum absolute atomic E-state index is 0.0411. The fraction of sp³-hybridized carbons (Fsp3) is 0.133. The number of carbonyl (C=O) groups excluding carboxylic acids is 1. The van der Waals surface area contributed by atoms with E-state index < -0.39 is 11.8 Å². The molecule has 2 N–H and O–H groups in total. The third kappa shape index (κ3) is 4.36. The van der Waals surface area contributed by atoms with Crippen LogP contribution in [-0.4, -0.2) is 13.1 Å². The second kappa shape index (κ2) is 6.95. The van der Waals surface area contributed by atoms with Crippen LogP contribution in [0.1, 0.15) is 5.56 Å². The molecule has 0 atom stereocenters. The fourth-order valence-corrected chi connectivity index (χ4v) is 1.89. The Morgan fingerprint density at radius 3 is 2.81 bits per heavy atom. The van der Waals surface area contributed by atoms with Gasteiger partial charge in [0.15, 0.2) is 0 Å². The summed E-state index contributed by atoms with van der Waals surface area (Å²) in [6, 6.07) is 10.9. The maximum atomic E-state index is 13.0. The number of hydrogen-bond donors (Lipinski definition) is 2. The van der Waals surface area contributed by atoms with Crippen molar-refractivity contribution in [3.63, 3.8) is 0 Å². The van der Waals surface area contributed by atoms with E-state index in [1.54, 1.807) is 7.11 Å². The first-order chi connectivity index (χ1) is 10.1. The van der Waals surface area contributed by atoms with Crippen molar-refractivity contribution >= 4 is 23.3 Å². The highest BCUT2D eigenvalue weighted by Crippen LogP contribution is 2.19. The van der Waals surface area contributed by atoms with E-state index in [2.05, 4.69) is 10.6 Å². The van der Waals surface area contributed by atoms with Crippen molar-refractivity contribution in [3.05, 3.63) is 58.9 Å². The fourth-order valence-electron chi connectivity index (χ4n) is 1.71. The average Bonchev–Trinajstić information content (AvgIpc) is 2.49. The molecule has 0 bridgehead atoms. The van der Waals surface area contributed by atoms with Crippen LogP contribution >= 0.6 is 11.6 Å². The number of nitrogens with one attached hydrogen (secondary N) is 2. The summed E-state index contributed by atoms with van der Waals surface area (Å²) >= 11 is 5.64. The number of methoxy groups -OCH3 is 1. The number of amides is 2. The van der Waals surface area contributed by atoms with Gasteiger partial charge in [-0.3, -0.25) is 0 Å². The molecule has 0 spiro atoms. The van der Waals surface area contributed by atoms with Gasteiger partial charge in [-0.2, -0.15) is 0 Å². The smallest absolute Gasteiger partial charge is 0.319 e. The van der Waals surface area contributed by atoms with E-state index in [9.17, 15) is 9.18 Å². The number of anilines is 1. The van der Waals surface area contributed by atoms with Gasteiger partial charge in [0.25, 0.3) is 0 Å². The van der Waals surface area contributed by atoms with Crippen molar-refractivity contribution in [2.24, 2.45) is 0 Å². The molecule has 2 amide bonds. The molecule has 0 fully saturated rings. The summed E-state index contributed by atoms with van der Waals surface area (Å²) in [5, 5.41) is 5.23. The van der Waals surface area contributed by atoms with E-state index in [1.807, 2.05) is 24.3 Å². The third-order valence-electron chi connectivity index (χ3n) is 2.76. The monoisotopic (exact) mass is 308 g/mol. The summed E-state index contributed by atoms with van der Waals surface area (Å²) in [4.78, 5) is 11.7. The Labute approximate surface area is 126 Å². The van der Waals surface area contributed by atoms with E-state index in [0.29, 0.717) is 12.2 Å². The van der Waals surface area contributed by atoms with Gasteiger partial charge in [-0.1, -0.05) is 23.7 Å². The van der Waals surface area contributed by atoms with Gasteiger partial charge in [-0.15, -0.1) is 0 Å². The Balaban J connectivity index is 1.91. The maximum Gasteiger partial charge on any atom is 0.319 e. The maximum absolute atomic E-state index is 13.0. The molecule has 0 radical (unpaired) electrons. The normalized spacial score (nSPS) is 10.0. The van der Waals surface area contributed by atoms with Crippen LogP contribution < -0.4 is 15.4 Å². The van der Waals surface area contributed by atoms with Crippen LogP contribution in [0.5, 0.6) is 5.75 Å². The molecule has 2 aromatic rings. The van der Waals surface area contributed by atoms with Gasteiger partial charge in [-0.25, -0.2) is 9.18 Å². The number of ether oxygens (including phenoxy) is 1. The molecule has 0 aliphatic carbocycles. The van der Waals surface area contributed by atoms with Crippen LogP contribution in [0.25, 0.3) is 0 Å². The van der Waals surface area contributed by atoms with Crippen molar-refractivity contribution in [3.8, 4) is 5.75 Å². The molecule has 4 nitrogen and oxygen atoms in total. The van der Waals surface area contributed by atoms with Crippen molar-refractivity contribution in [1.29, 1.82) is 0 Å². The molecular weight excluding hydrogens is 295 g/mol. The highest BCUT2D eigenvalue weighted by atomic mass is 35.5. The Morgan fingerprint density at radius 2 is 2.10 bits per heavy atom. The van der Waals surface area contributed by atoms with Crippen molar-refractivity contribution in [2.45, 2.75) is 6.54 Å². The standard InChI is InChI=1S/C15H14ClFN2O2/c1-21-12-4-2-3-10(7-12)9-18-15(20)19-11-5-6-14(17)13(16)8-11/h2-8H,9H2,1H3,(H2,18,19,20). The predicted molar refractivity (Wildman–Crippen MR) is 80.3 cm³/mol. The first kappa shape index (κ1) is 15.1. The molecule has 21 heavy (non-hydrogen) atoms. The second-order valence-corrected chi connectivity index (χ2v) is 4.70. The van der Waals surface area contributed by atoms with E-state index >= 15 is 0 Å². The Hall–Kier alpha value is -2.27. The molecule has 0 heterocycles. The Kier molecular flexibility index (Phi) is 5.00. The summed E-state index contributed by atoms with van der Waals surface area (Å²) in [5.41, 5.74) is 1.33. The number of benzene rings is 2.